The monoisotopic (exact) mass is 504 g/mol. The van der Waals surface area contributed by atoms with Gasteiger partial charge in [-0.3, -0.25) is 9.59 Å². The molecule has 0 aromatic rings. The molecule has 0 bridgehead atoms. The number of carbonyl (C=O) groups is 2. The predicted molar refractivity (Wildman–Crippen MR) is 137 cm³/mol. The van der Waals surface area contributed by atoms with Crippen molar-refractivity contribution in [1.29, 1.82) is 0 Å². The van der Waals surface area contributed by atoms with Crippen LogP contribution < -0.4 is 0 Å². The molecule has 6 heteroatoms. The van der Waals surface area contributed by atoms with Crippen molar-refractivity contribution in [2.24, 2.45) is 22.2 Å². The lowest BCUT2D eigenvalue weighted by molar-refractivity contribution is -0.254. The summed E-state index contributed by atoms with van der Waals surface area (Å²) in [7, 11) is 0. The molecule has 1 spiro atoms. The van der Waals surface area contributed by atoms with Crippen LogP contribution in [0.5, 0.6) is 0 Å². The van der Waals surface area contributed by atoms with Gasteiger partial charge in [-0.15, -0.1) is 0 Å². The fourth-order valence-electron chi connectivity index (χ4n) is 9.06. The van der Waals surface area contributed by atoms with E-state index in [9.17, 15) is 14.7 Å². The number of ketones is 2. The maximum atomic E-state index is 12.9. The molecular weight excluding hydrogens is 456 g/mol. The Labute approximate surface area is 217 Å². The summed E-state index contributed by atoms with van der Waals surface area (Å²) in [5.74, 6) is 0.554. The number of Topliss-reactive ketones (excluding diaryl/α,β-unsaturated/α-hetero) is 2. The third-order valence-electron chi connectivity index (χ3n) is 12.1. The molecule has 3 heterocycles. The summed E-state index contributed by atoms with van der Waals surface area (Å²) in [6.07, 6.45) is 5.52. The number of fused-ring (bicyclic) bond motifs is 3. The standard InChI is InChI=1S/C30H48O6/c1-18-9-10-22-28(7,15-12-21(33)25(2,3)34-22)30(18)17-19(31)24(36-30)29(8)16-13-23-27(29,6)14-11-20(32)26(4,5)35-23/h18-19,22-24,31H,9-17H2,1-8H3/t18-,19-,22-,23-,24-,27+,28+,29+,30-/m0/s1. The zero-order valence-corrected chi connectivity index (χ0v) is 23.7. The van der Waals surface area contributed by atoms with Gasteiger partial charge in [-0.1, -0.05) is 27.7 Å². The van der Waals surface area contributed by atoms with E-state index in [1.165, 1.54) is 0 Å². The smallest absolute Gasteiger partial charge is 0.164 e. The first-order chi connectivity index (χ1) is 16.5. The van der Waals surface area contributed by atoms with Gasteiger partial charge >= 0.3 is 0 Å². The van der Waals surface area contributed by atoms with Gasteiger partial charge < -0.3 is 19.3 Å². The summed E-state index contributed by atoms with van der Waals surface area (Å²) in [5, 5.41) is 11.8. The molecule has 2 saturated carbocycles. The molecule has 9 atom stereocenters. The molecule has 3 aliphatic heterocycles. The van der Waals surface area contributed by atoms with Gasteiger partial charge in [-0.25, -0.2) is 0 Å². The van der Waals surface area contributed by atoms with Crippen molar-refractivity contribution in [3.63, 3.8) is 0 Å². The fourth-order valence-corrected chi connectivity index (χ4v) is 9.06. The Balaban J connectivity index is 1.51. The van der Waals surface area contributed by atoms with Gasteiger partial charge in [0, 0.05) is 35.5 Å². The van der Waals surface area contributed by atoms with Crippen LogP contribution >= 0.6 is 0 Å². The maximum Gasteiger partial charge on any atom is 0.164 e. The molecule has 36 heavy (non-hydrogen) atoms. The lowest BCUT2D eigenvalue weighted by Crippen LogP contribution is -2.61. The quantitative estimate of drug-likeness (QED) is 0.530. The van der Waals surface area contributed by atoms with Crippen molar-refractivity contribution >= 4 is 11.6 Å². The highest BCUT2D eigenvalue weighted by Gasteiger charge is 2.70. The minimum Gasteiger partial charge on any atom is -0.390 e. The number of aliphatic hydroxyl groups is 1. The number of rotatable bonds is 1. The maximum absolute atomic E-state index is 12.9. The van der Waals surface area contributed by atoms with E-state index in [0.717, 1.165) is 32.1 Å². The minimum atomic E-state index is -0.796. The Kier molecular flexibility index (Phi) is 6.02. The Bertz CT molecular complexity index is 942. The summed E-state index contributed by atoms with van der Waals surface area (Å²) < 4.78 is 20.3. The average Bonchev–Trinajstić information content (AvgIpc) is 3.22. The molecule has 5 rings (SSSR count). The first-order valence-electron chi connectivity index (χ1n) is 14.3. The highest BCUT2D eigenvalue weighted by atomic mass is 16.6. The molecule has 204 valence electrons. The van der Waals surface area contributed by atoms with Crippen LogP contribution in [-0.2, 0) is 23.8 Å². The van der Waals surface area contributed by atoms with Crippen LogP contribution in [0.2, 0.25) is 0 Å². The number of ether oxygens (including phenoxy) is 3. The van der Waals surface area contributed by atoms with E-state index in [4.69, 9.17) is 14.2 Å². The average molecular weight is 505 g/mol. The van der Waals surface area contributed by atoms with E-state index in [0.29, 0.717) is 25.7 Å². The molecule has 6 nitrogen and oxygen atoms in total. The van der Waals surface area contributed by atoms with Gasteiger partial charge in [0.15, 0.2) is 11.6 Å². The van der Waals surface area contributed by atoms with Crippen molar-refractivity contribution in [3.05, 3.63) is 0 Å². The van der Waals surface area contributed by atoms with Crippen LogP contribution in [0.4, 0.5) is 0 Å². The third kappa shape index (κ3) is 3.42. The molecule has 0 amide bonds. The van der Waals surface area contributed by atoms with E-state index in [2.05, 4.69) is 27.7 Å². The summed E-state index contributed by atoms with van der Waals surface area (Å²) >= 11 is 0. The van der Waals surface area contributed by atoms with Gasteiger partial charge in [-0.2, -0.15) is 0 Å². The van der Waals surface area contributed by atoms with Gasteiger partial charge in [-0.05, 0) is 72.1 Å². The molecule has 0 aromatic carbocycles. The molecule has 5 fully saturated rings. The minimum absolute atomic E-state index is 0.0388. The van der Waals surface area contributed by atoms with Crippen LogP contribution in [0, 0.1) is 22.2 Å². The zero-order valence-electron chi connectivity index (χ0n) is 23.7. The molecule has 0 radical (unpaired) electrons. The van der Waals surface area contributed by atoms with E-state index in [1.54, 1.807) is 0 Å². The van der Waals surface area contributed by atoms with Crippen molar-refractivity contribution in [1.82, 2.24) is 0 Å². The summed E-state index contributed by atoms with van der Waals surface area (Å²) in [6.45, 7) is 16.6. The molecule has 3 saturated heterocycles. The normalized spacial score (nSPS) is 52.5. The number of hydrogen-bond donors (Lipinski definition) is 1. The molecular formula is C30H48O6. The van der Waals surface area contributed by atoms with Crippen LogP contribution in [0.25, 0.3) is 0 Å². The Morgan fingerprint density at radius 2 is 1.22 bits per heavy atom. The molecule has 5 aliphatic rings. The molecule has 2 aliphatic carbocycles. The van der Waals surface area contributed by atoms with Crippen LogP contribution in [0.3, 0.4) is 0 Å². The van der Waals surface area contributed by atoms with Crippen molar-refractivity contribution in [2.45, 2.75) is 154 Å². The van der Waals surface area contributed by atoms with Gasteiger partial charge in [0.25, 0.3) is 0 Å². The van der Waals surface area contributed by atoms with Crippen LogP contribution in [0.1, 0.15) is 113 Å². The summed E-state index contributed by atoms with van der Waals surface area (Å²) in [5.41, 5.74) is -3.10. The van der Waals surface area contributed by atoms with Crippen molar-refractivity contribution in [3.8, 4) is 0 Å². The zero-order chi connectivity index (χ0) is 26.5. The van der Waals surface area contributed by atoms with E-state index >= 15 is 0 Å². The lowest BCUT2D eigenvalue weighted by Gasteiger charge is -2.57. The Morgan fingerprint density at radius 3 is 1.81 bits per heavy atom. The summed E-state index contributed by atoms with van der Waals surface area (Å²) in [4.78, 5) is 25.8. The predicted octanol–water partition coefficient (Wildman–Crippen LogP) is 5.17. The Hall–Kier alpha value is -0.820. The first-order valence-corrected chi connectivity index (χ1v) is 14.3. The van der Waals surface area contributed by atoms with Gasteiger partial charge in [0.05, 0.1) is 30.0 Å². The number of hydrogen-bond acceptors (Lipinski definition) is 6. The van der Waals surface area contributed by atoms with Crippen LogP contribution in [-0.4, -0.2) is 57.9 Å². The van der Waals surface area contributed by atoms with Crippen LogP contribution in [0.15, 0.2) is 0 Å². The topological polar surface area (TPSA) is 82.1 Å². The SMILES string of the molecule is C[C@H]1CC[C@@H]2OC(C)(C)C(=O)CC[C@@]2(C)[C@]12C[C@H](O)[C@@H]([C@@]1(C)CC[C@@H]3OC(C)(C)C(=O)CC[C@]31C)O2. The molecule has 0 unspecified atom stereocenters. The second kappa shape index (κ2) is 8.09. The van der Waals surface area contributed by atoms with E-state index in [1.807, 2.05) is 27.7 Å². The second-order valence-corrected chi connectivity index (χ2v) is 14.5. The number of aliphatic hydroxyl groups excluding tert-OH is 1. The van der Waals surface area contributed by atoms with E-state index in [-0.39, 0.29) is 52.0 Å². The Morgan fingerprint density at radius 1 is 0.694 bits per heavy atom. The highest BCUT2D eigenvalue weighted by Crippen LogP contribution is 2.67. The number of carbonyl (C=O) groups excluding carboxylic acids is 2. The molecule has 1 N–H and O–H groups in total. The highest BCUT2D eigenvalue weighted by molar-refractivity contribution is 5.87. The van der Waals surface area contributed by atoms with Crippen molar-refractivity contribution in [2.75, 3.05) is 0 Å². The van der Waals surface area contributed by atoms with E-state index < -0.39 is 22.9 Å². The second-order valence-electron chi connectivity index (χ2n) is 14.5. The third-order valence-corrected chi connectivity index (χ3v) is 12.1. The van der Waals surface area contributed by atoms with Gasteiger partial charge in [0.2, 0.25) is 0 Å². The summed E-state index contributed by atoms with van der Waals surface area (Å²) in [6, 6.07) is 0. The largest absolute Gasteiger partial charge is 0.390 e. The lowest BCUT2D eigenvalue weighted by atomic mass is 9.55. The molecule has 0 aromatic heterocycles. The first kappa shape index (κ1) is 26.8. The van der Waals surface area contributed by atoms with Gasteiger partial charge in [0.1, 0.15) is 11.2 Å². The van der Waals surface area contributed by atoms with Crippen molar-refractivity contribution < 1.29 is 28.9 Å². The fraction of sp³-hybridized carbons (Fsp3) is 0.933.